The lowest BCUT2D eigenvalue weighted by Gasteiger charge is -2.61. The third-order valence-electron chi connectivity index (χ3n) is 8.13. The molecular formula is C23H29FO5. The Hall–Kier alpha value is -1.63. The smallest absolute Gasteiger partial charge is 0.221 e. The van der Waals surface area contributed by atoms with E-state index in [0.29, 0.717) is 24.8 Å². The lowest BCUT2D eigenvalue weighted by molar-refractivity contribution is -0.187. The van der Waals surface area contributed by atoms with Crippen molar-refractivity contribution in [2.75, 3.05) is 14.2 Å². The Morgan fingerprint density at radius 1 is 1.28 bits per heavy atom. The Morgan fingerprint density at radius 3 is 2.62 bits per heavy atom. The highest BCUT2D eigenvalue weighted by atomic mass is 19.1. The van der Waals surface area contributed by atoms with Crippen molar-refractivity contribution in [2.45, 2.75) is 57.6 Å². The summed E-state index contributed by atoms with van der Waals surface area (Å²) in [6.07, 6.45) is 6.10. The maximum absolute atomic E-state index is 16.9. The van der Waals surface area contributed by atoms with Gasteiger partial charge < -0.3 is 14.6 Å². The van der Waals surface area contributed by atoms with Gasteiger partial charge in [0.2, 0.25) is 12.1 Å². The van der Waals surface area contributed by atoms with E-state index in [1.165, 1.54) is 26.4 Å². The van der Waals surface area contributed by atoms with Crippen LogP contribution in [-0.2, 0) is 19.1 Å². The number of halogens is 1. The minimum atomic E-state index is -1.88. The van der Waals surface area contributed by atoms with Crippen molar-refractivity contribution in [1.29, 1.82) is 0 Å². The molecule has 0 amide bonds. The number of aliphatic hydroxyl groups is 1. The molecule has 0 aromatic rings. The van der Waals surface area contributed by atoms with Crippen LogP contribution in [0.1, 0.15) is 39.5 Å². The molecule has 29 heavy (non-hydrogen) atoms. The van der Waals surface area contributed by atoms with Crippen LogP contribution < -0.4 is 0 Å². The van der Waals surface area contributed by atoms with E-state index in [0.717, 1.165) is 5.57 Å². The van der Waals surface area contributed by atoms with E-state index in [1.807, 2.05) is 13.0 Å². The summed E-state index contributed by atoms with van der Waals surface area (Å²) in [4.78, 5) is 24.9. The van der Waals surface area contributed by atoms with Gasteiger partial charge in [-0.1, -0.05) is 24.6 Å². The number of carbonyl (C=O) groups excluding carboxylic acids is 2. The number of hydrogen-bond acceptors (Lipinski definition) is 5. The average molecular weight is 404 g/mol. The van der Waals surface area contributed by atoms with E-state index in [4.69, 9.17) is 9.47 Å². The molecule has 0 bridgehead atoms. The first-order valence-electron chi connectivity index (χ1n) is 10.2. The summed E-state index contributed by atoms with van der Waals surface area (Å²) < 4.78 is 27.2. The standard InChI is InChI=1S/C23H29FO5/c1-21-12-18(26)23(24)16(6-5-13-11-14(25)9-10-22(13,23)2)15(21)7-8-17(21)19(27)20(28-3)29-4/h8-11,15-16,18,20,26H,5-7,12H2,1-4H3/t15-,16-,18?,21-,22-,23-/m0/s1. The van der Waals surface area contributed by atoms with Crippen LogP contribution in [0.25, 0.3) is 0 Å². The highest BCUT2D eigenvalue weighted by Gasteiger charge is 2.69. The minimum Gasteiger partial charge on any atom is -0.390 e. The number of ketones is 2. The van der Waals surface area contributed by atoms with Crippen molar-refractivity contribution < 1.29 is 28.6 Å². The summed E-state index contributed by atoms with van der Waals surface area (Å²) in [6, 6.07) is 0. The number of aliphatic hydroxyl groups excluding tert-OH is 1. The largest absolute Gasteiger partial charge is 0.390 e. The van der Waals surface area contributed by atoms with Gasteiger partial charge in [0.15, 0.2) is 11.5 Å². The van der Waals surface area contributed by atoms with E-state index in [-0.39, 0.29) is 23.9 Å². The normalized spacial score (nSPS) is 43.4. The quantitative estimate of drug-likeness (QED) is 0.729. The number of allylic oxidation sites excluding steroid dienone is 5. The Morgan fingerprint density at radius 2 is 1.97 bits per heavy atom. The predicted octanol–water partition coefficient (Wildman–Crippen LogP) is 3.08. The van der Waals surface area contributed by atoms with E-state index < -0.39 is 34.8 Å². The summed E-state index contributed by atoms with van der Waals surface area (Å²) >= 11 is 0. The molecule has 6 heteroatoms. The van der Waals surface area contributed by atoms with Crippen LogP contribution in [0.15, 0.2) is 35.5 Å². The van der Waals surface area contributed by atoms with Gasteiger partial charge in [0.05, 0.1) is 6.10 Å². The molecule has 0 aromatic carbocycles. The molecule has 0 aliphatic heterocycles. The highest BCUT2D eigenvalue weighted by Crippen LogP contribution is 2.67. The fourth-order valence-corrected chi connectivity index (χ4v) is 6.60. The van der Waals surface area contributed by atoms with Gasteiger partial charge >= 0.3 is 0 Å². The molecule has 1 N–H and O–H groups in total. The number of rotatable bonds is 4. The predicted molar refractivity (Wildman–Crippen MR) is 105 cm³/mol. The van der Waals surface area contributed by atoms with Gasteiger partial charge in [0, 0.05) is 36.5 Å². The SMILES string of the molecule is COC(OC)C(=O)C1=CC[C@H]2[C@@H]3CCC4=CC(=O)C=C[C@]4(C)[C@@]3(F)C(O)C[C@]12C. The first-order chi connectivity index (χ1) is 13.6. The van der Waals surface area contributed by atoms with Crippen LogP contribution >= 0.6 is 0 Å². The number of hydrogen-bond donors (Lipinski definition) is 1. The Kier molecular flexibility index (Phi) is 4.76. The number of ether oxygens (including phenoxy) is 2. The van der Waals surface area contributed by atoms with Crippen LogP contribution in [0.3, 0.4) is 0 Å². The third kappa shape index (κ3) is 2.55. The summed E-state index contributed by atoms with van der Waals surface area (Å²) in [7, 11) is 2.83. The zero-order valence-corrected chi connectivity index (χ0v) is 17.4. The van der Waals surface area contributed by atoms with Crippen LogP contribution in [0, 0.1) is 22.7 Å². The molecule has 0 saturated heterocycles. The summed E-state index contributed by atoms with van der Waals surface area (Å²) in [5.41, 5.74) is -2.21. The van der Waals surface area contributed by atoms with Gasteiger partial charge in [-0.25, -0.2) is 4.39 Å². The first kappa shape index (κ1) is 20.6. The Balaban J connectivity index is 1.73. The highest BCUT2D eigenvalue weighted by molar-refractivity contribution is 6.01. The monoisotopic (exact) mass is 404 g/mol. The molecule has 4 aliphatic rings. The molecule has 0 heterocycles. The molecule has 0 radical (unpaired) electrons. The van der Waals surface area contributed by atoms with E-state index in [1.54, 1.807) is 13.0 Å². The van der Waals surface area contributed by atoms with Gasteiger partial charge in [0.25, 0.3) is 0 Å². The first-order valence-corrected chi connectivity index (χ1v) is 10.2. The maximum Gasteiger partial charge on any atom is 0.221 e. The van der Waals surface area contributed by atoms with Gasteiger partial charge in [0.1, 0.15) is 0 Å². The number of carbonyl (C=O) groups is 2. The molecule has 158 valence electrons. The van der Waals surface area contributed by atoms with Gasteiger partial charge in [-0.3, -0.25) is 9.59 Å². The number of methoxy groups -OCH3 is 2. The van der Waals surface area contributed by atoms with Crippen LogP contribution in [0.2, 0.25) is 0 Å². The van der Waals surface area contributed by atoms with Crippen LogP contribution in [0.5, 0.6) is 0 Å². The molecule has 4 aliphatic carbocycles. The molecule has 2 saturated carbocycles. The van der Waals surface area contributed by atoms with Crippen molar-refractivity contribution in [3.05, 3.63) is 35.5 Å². The van der Waals surface area contributed by atoms with E-state index >= 15 is 4.39 Å². The molecule has 5 nitrogen and oxygen atoms in total. The average Bonchev–Trinajstić information content (AvgIpc) is 3.01. The maximum atomic E-state index is 16.9. The Labute approximate surface area is 170 Å². The molecule has 4 rings (SSSR count). The van der Waals surface area contributed by atoms with Crippen molar-refractivity contribution in [2.24, 2.45) is 22.7 Å². The summed E-state index contributed by atoms with van der Waals surface area (Å²) in [6.45, 7) is 3.74. The second kappa shape index (κ2) is 6.69. The summed E-state index contributed by atoms with van der Waals surface area (Å²) in [5, 5.41) is 11.2. The van der Waals surface area contributed by atoms with Crippen molar-refractivity contribution in [1.82, 2.24) is 0 Å². The van der Waals surface area contributed by atoms with Crippen molar-refractivity contribution in [3.63, 3.8) is 0 Å². The fraction of sp³-hybridized carbons (Fsp3) is 0.652. The fourth-order valence-electron chi connectivity index (χ4n) is 6.60. The Bertz CT molecular complexity index is 840. The summed E-state index contributed by atoms with van der Waals surface area (Å²) in [5.74, 6) is -0.908. The van der Waals surface area contributed by atoms with Crippen molar-refractivity contribution >= 4 is 11.6 Å². The minimum absolute atomic E-state index is 0.103. The van der Waals surface area contributed by atoms with Gasteiger partial charge in [-0.2, -0.15) is 0 Å². The topological polar surface area (TPSA) is 72.8 Å². The lowest BCUT2D eigenvalue weighted by atomic mass is 9.45. The third-order valence-corrected chi connectivity index (χ3v) is 8.13. The molecule has 6 atom stereocenters. The molecule has 2 fully saturated rings. The number of alkyl halides is 1. The second-order valence-corrected chi connectivity index (χ2v) is 9.29. The van der Waals surface area contributed by atoms with Crippen LogP contribution in [0.4, 0.5) is 4.39 Å². The van der Waals surface area contributed by atoms with Crippen molar-refractivity contribution in [3.8, 4) is 0 Å². The lowest BCUT2D eigenvalue weighted by Crippen LogP contribution is -2.66. The molecular weight excluding hydrogens is 375 g/mol. The second-order valence-electron chi connectivity index (χ2n) is 9.29. The molecule has 0 aromatic heterocycles. The van der Waals surface area contributed by atoms with Gasteiger partial charge in [-0.05, 0) is 50.7 Å². The molecule has 0 spiro atoms. The van der Waals surface area contributed by atoms with Crippen LogP contribution in [-0.4, -0.2) is 49.0 Å². The van der Waals surface area contributed by atoms with E-state index in [2.05, 4.69) is 0 Å². The zero-order valence-electron chi connectivity index (χ0n) is 17.4. The number of fused-ring (bicyclic) bond motifs is 5. The van der Waals surface area contributed by atoms with E-state index in [9.17, 15) is 14.7 Å². The number of Topliss-reactive ketones (excluding diaryl/α,β-unsaturated/α-hetero) is 1. The van der Waals surface area contributed by atoms with Gasteiger partial charge in [-0.15, -0.1) is 0 Å². The zero-order chi connectivity index (χ0) is 21.2. The molecule has 1 unspecified atom stereocenters.